The van der Waals surface area contributed by atoms with E-state index < -0.39 is 0 Å². The average molecular weight is 371 g/mol. The van der Waals surface area contributed by atoms with Gasteiger partial charge in [-0.05, 0) is 18.9 Å². The molecule has 0 unspecified atom stereocenters. The van der Waals surface area contributed by atoms with Gasteiger partial charge in [0.1, 0.15) is 11.2 Å². The maximum Gasteiger partial charge on any atom is 0.278 e. The first-order valence-corrected chi connectivity index (χ1v) is 9.37. The molecule has 4 rings (SSSR count). The number of hydrogen-bond acceptors (Lipinski definition) is 5. The van der Waals surface area contributed by atoms with Crippen molar-refractivity contribution in [1.29, 1.82) is 0 Å². The molecule has 2 aromatic carbocycles. The van der Waals surface area contributed by atoms with Crippen LogP contribution >= 0.6 is 0 Å². The quantitative estimate of drug-likeness (QED) is 0.561. The average Bonchev–Trinajstić information content (AvgIpc) is 2.74. The molecule has 0 atom stereocenters. The molecular formula is C22H21N5O. The number of aromatic nitrogens is 4. The van der Waals surface area contributed by atoms with E-state index in [1.165, 1.54) is 5.56 Å². The number of fused-ring (bicyclic) bond motifs is 1. The third-order valence-corrected chi connectivity index (χ3v) is 4.53. The van der Waals surface area contributed by atoms with Crippen molar-refractivity contribution < 1.29 is 0 Å². The normalized spacial score (nSPS) is 10.9. The Morgan fingerprint density at radius 2 is 1.68 bits per heavy atom. The van der Waals surface area contributed by atoms with Crippen molar-refractivity contribution in [2.24, 2.45) is 0 Å². The topological polar surface area (TPSA) is 72.7 Å². The molecule has 0 saturated heterocycles. The lowest BCUT2D eigenvalue weighted by Crippen LogP contribution is -2.25. The number of anilines is 1. The highest BCUT2D eigenvalue weighted by molar-refractivity contribution is 5.74. The van der Waals surface area contributed by atoms with E-state index >= 15 is 0 Å². The number of nitrogens with one attached hydrogen (secondary N) is 1. The van der Waals surface area contributed by atoms with E-state index in [9.17, 15) is 4.79 Å². The van der Waals surface area contributed by atoms with Gasteiger partial charge in [0.15, 0.2) is 5.65 Å². The highest BCUT2D eigenvalue weighted by atomic mass is 16.1. The zero-order valence-electron chi connectivity index (χ0n) is 15.7. The minimum Gasteiger partial charge on any atom is -0.354 e. The van der Waals surface area contributed by atoms with Crippen molar-refractivity contribution in [1.82, 2.24) is 19.5 Å². The lowest BCUT2D eigenvalue weighted by molar-refractivity contribution is 0.685. The van der Waals surface area contributed by atoms with Crippen LogP contribution < -0.4 is 10.9 Å². The Morgan fingerprint density at radius 3 is 2.39 bits per heavy atom. The van der Waals surface area contributed by atoms with Gasteiger partial charge in [0.2, 0.25) is 5.95 Å². The van der Waals surface area contributed by atoms with Gasteiger partial charge in [0, 0.05) is 18.7 Å². The molecule has 0 spiro atoms. The molecule has 0 amide bonds. The van der Waals surface area contributed by atoms with E-state index in [4.69, 9.17) is 0 Å². The fourth-order valence-corrected chi connectivity index (χ4v) is 3.16. The predicted octanol–water partition coefficient (Wildman–Crippen LogP) is 3.53. The summed E-state index contributed by atoms with van der Waals surface area (Å²) in [7, 11) is 0. The number of nitrogens with zero attached hydrogens (tertiary/aromatic N) is 4. The largest absolute Gasteiger partial charge is 0.354 e. The van der Waals surface area contributed by atoms with Crippen LogP contribution in [0.3, 0.4) is 0 Å². The molecule has 0 aliphatic carbocycles. The van der Waals surface area contributed by atoms with Crippen LogP contribution in [0, 0.1) is 0 Å². The molecular weight excluding hydrogens is 350 g/mol. The van der Waals surface area contributed by atoms with Gasteiger partial charge in [-0.1, -0.05) is 60.7 Å². The number of aryl methyl sites for hydroxylation is 2. The van der Waals surface area contributed by atoms with E-state index in [0.717, 1.165) is 12.0 Å². The lowest BCUT2D eigenvalue weighted by atomic mass is 10.1. The maximum atomic E-state index is 13.3. The Labute approximate surface area is 162 Å². The van der Waals surface area contributed by atoms with Crippen molar-refractivity contribution in [2.75, 3.05) is 11.9 Å². The minimum absolute atomic E-state index is 0.143. The number of benzene rings is 2. The van der Waals surface area contributed by atoms with Crippen molar-refractivity contribution >= 4 is 17.1 Å². The summed E-state index contributed by atoms with van der Waals surface area (Å²) in [5.74, 6) is 0.497. The summed E-state index contributed by atoms with van der Waals surface area (Å²) in [6.45, 7) is 3.20. The predicted molar refractivity (Wildman–Crippen MR) is 111 cm³/mol. The fraction of sp³-hybridized carbons (Fsp3) is 0.182. The molecule has 28 heavy (non-hydrogen) atoms. The molecule has 1 N–H and O–H groups in total. The molecule has 2 heterocycles. The fourth-order valence-electron chi connectivity index (χ4n) is 3.16. The van der Waals surface area contributed by atoms with Crippen molar-refractivity contribution in [2.45, 2.75) is 19.9 Å². The molecule has 6 heteroatoms. The summed E-state index contributed by atoms with van der Waals surface area (Å²) in [6.07, 6.45) is 2.40. The van der Waals surface area contributed by atoms with Crippen LogP contribution in [0.2, 0.25) is 0 Å². The summed E-state index contributed by atoms with van der Waals surface area (Å²) < 4.78 is 1.71. The number of hydrogen-bond donors (Lipinski definition) is 1. The van der Waals surface area contributed by atoms with Gasteiger partial charge in [0.25, 0.3) is 5.56 Å². The Bertz CT molecular complexity index is 1140. The SMILES string of the molecule is CCNc1ncc2nc(-c3ccccc3)c(=O)n(CCc3ccccc3)c2n1. The highest BCUT2D eigenvalue weighted by Gasteiger charge is 2.15. The highest BCUT2D eigenvalue weighted by Crippen LogP contribution is 2.17. The van der Waals surface area contributed by atoms with Crippen molar-refractivity contribution in [3.63, 3.8) is 0 Å². The standard InChI is InChI=1S/C22H21N5O/c1-2-23-22-24-15-18-20(26-22)27(14-13-16-9-5-3-6-10-16)21(28)19(25-18)17-11-7-4-8-12-17/h3-12,15H,2,13-14H2,1H3,(H,23,24,26). The van der Waals surface area contributed by atoms with Gasteiger partial charge in [-0.2, -0.15) is 4.98 Å². The zero-order chi connectivity index (χ0) is 19.3. The second kappa shape index (κ2) is 8.00. The maximum absolute atomic E-state index is 13.3. The summed E-state index contributed by atoms with van der Waals surface area (Å²) >= 11 is 0. The zero-order valence-corrected chi connectivity index (χ0v) is 15.7. The van der Waals surface area contributed by atoms with Gasteiger partial charge in [0.05, 0.1) is 6.20 Å². The smallest absolute Gasteiger partial charge is 0.278 e. The Kier molecular flexibility index (Phi) is 5.10. The summed E-state index contributed by atoms with van der Waals surface area (Å²) in [5, 5.41) is 3.10. The van der Waals surface area contributed by atoms with E-state index in [1.54, 1.807) is 10.8 Å². The van der Waals surface area contributed by atoms with Gasteiger partial charge in [-0.3, -0.25) is 9.36 Å². The van der Waals surface area contributed by atoms with Crippen molar-refractivity contribution in [3.8, 4) is 11.3 Å². The lowest BCUT2D eigenvalue weighted by Gasteiger charge is -2.13. The molecule has 0 saturated carbocycles. The molecule has 0 bridgehead atoms. The molecule has 2 aromatic heterocycles. The first-order chi connectivity index (χ1) is 13.8. The van der Waals surface area contributed by atoms with Crippen LogP contribution in [-0.2, 0) is 13.0 Å². The van der Waals surface area contributed by atoms with Crippen LogP contribution in [0.25, 0.3) is 22.4 Å². The third kappa shape index (κ3) is 3.62. The second-order valence-corrected chi connectivity index (χ2v) is 6.45. The van der Waals surface area contributed by atoms with Gasteiger partial charge in [-0.15, -0.1) is 0 Å². The van der Waals surface area contributed by atoms with Crippen molar-refractivity contribution in [3.05, 3.63) is 82.8 Å². The molecule has 0 radical (unpaired) electrons. The van der Waals surface area contributed by atoms with E-state index in [1.807, 2.05) is 55.5 Å². The first-order valence-electron chi connectivity index (χ1n) is 9.37. The monoisotopic (exact) mass is 371 g/mol. The number of rotatable bonds is 6. The molecule has 0 aliphatic heterocycles. The first kappa shape index (κ1) is 17.9. The van der Waals surface area contributed by atoms with E-state index in [-0.39, 0.29) is 5.56 Å². The molecule has 0 fully saturated rings. The molecule has 140 valence electrons. The Balaban J connectivity index is 1.85. The van der Waals surface area contributed by atoms with Gasteiger partial charge in [-0.25, -0.2) is 9.97 Å². The minimum atomic E-state index is -0.143. The second-order valence-electron chi connectivity index (χ2n) is 6.45. The summed E-state index contributed by atoms with van der Waals surface area (Å²) in [4.78, 5) is 26.7. The van der Waals surface area contributed by atoms with Crippen LogP contribution in [0.4, 0.5) is 5.95 Å². The molecule has 6 nitrogen and oxygen atoms in total. The third-order valence-electron chi connectivity index (χ3n) is 4.53. The van der Waals surface area contributed by atoms with Crippen LogP contribution in [0.15, 0.2) is 71.7 Å². The van der Waals surface area contributed by atoms with Crippen LogP contribution in [0.5, 0.6) is 0 Å². The molecule has 4 aromatic rings. The van der Waals surface area contributed by atoms with E-state index in [0.29, 0.717) is 35.9 Å². The Morgan fingerprint density at radius 1 is 0.964 bits per heavy atom. The van der Waals surface area contributed by atoms with Gasteiger partial charge < -0.3 is 5.32 Å². The summed E-state index contributed by atoms with van der Waals surface area (Å²) in [5.41, 5.74) is 3.39. The van der Waals surface area contributed by atoms with Crippen LogP contribution in [0.1, 0.15) is 12.5 Å². The van der Waals surface area contributed by atoms with Crippen LogP contribution in [-0.4, -0.2) is 26.1 Å². The van der Waals surface area contributed by atoms with E-state index in [2.05, 4.69) is 32.4 Å². The summed E-state index contributed by atoms with van der Waals surface area (Å²) in [6, 6.07) is 19.6. The van der Waals surface area contributed by atoms with Gasteiger partial charge >= 0.3 is 0 Å². The Hall–Kier alpha value is -3.54. The molecule has 0 aliphatic rings.